The number of phenols is 1. The van der Waals surface area contributed by atoms with Crippen molar-refractivity contribution in [3.8, 4) is 5.75 Å². The van der Waals surface area contributed by atoms with Crippen molar-refractivity contribution < 1.29 is 48.8 Å². The van der Waals surface area contributed by atoms with Crippen molar-refractivity contribution in [1.29, 1.82) is 0 Å². The molecule has 0 aromatic heterocycles. The first-order valence-corrected chi connectivity index (χ1v) is 13.2. The maximum Gasteiger partial charge on any atom is 0.411 e. The molecule has 0 spiro atoms. The highest BCUT2D eigenvalue weighted by Crippen LogP contribution is 2.55. The third kappa shape index (κ3) is 4.52. The highest BCUT2D eigenvalue weighted by molar-refractivity contribution is 6.32. The molecule has 6 N–H and O–H groups in total. The van der Waals surface area contributed by atoms with E-state index in [1.165, 1.54) is 31.1 Å². The molecule has 41 heavy (non-hydrogen) atoms. The summed E-state index contributed by atoms with van der Waals surface area (Å²) in [5.41, 5.74) is 1.63. The number of aromatic hydroxyl groups is 1. The number of benzene rings is 1. The second kappa shape index (κ2) is 10.00. The maximum atomic E-state index is 14.0. The minimum atomic E-state index is -3.09. The van der Waals surface area contributed by atoms with E-state index in [2.05, 4.69) is 5.32 Å². The molecule has 2 saturated carbocycles. The lowest BCUT2D eigenvalue weighted by Gasteiger charge is -2.56. The van der Waals surface area contributed by atoms with Gasteiger partial charge in [0.1, 0.15) is 5.75 Å². The Morgan fingerprint density at radius 1 is 1.12 bits per heavy atom. The predicted octanol–water partition coefficient (Wildman–Crippen LogP) is -0.00660. The fourth-order valence-electron chi connectivity index (χ4n) is 6.52. The molecule has 13 heteroatoms. The van der Waals surface area contributed by atoms with E-state index in [-0.39, 0.29) is 28.8 Å². The molecule has 2 fully saturated rings. The Morgan fingerprint density at radius 2 is 1.73 bits per heavy atom. The van der Waals surface area contributed by atoms with Crippen molar-refractivity contribution in [2.75, 3.05) is 26.0 Å². The molecule has 1 aromatic carbocycles. The Labute approximate surface area is 236 Å². The van der Waals surface area contributed by atoms with Gasteiger partial charge in [-0.3, -0.25) is 34.2 Å². The summed E-state index contributed by atoms with van der Waals surface area (Å²) < 4.78 is 5.15. The Morgan fingerprint density at radius 3 is 2.27 bits per heavy atom. The zero-order valence-corrected chi connectivity index (χ0v) is 23.6. The SMILES string of the molecule is C[C@@H]1c2ccc(NC(=O)OCC(C)(C)C)c(O)c2C(=O)C2C(=O)[C@@]3(O)C(=O)C(C(N)=O)C(=O)[C@H](N(C)C)[C@H]3[C@H](O)[C@H]21. The van der Waals surface area contributed by atoms with Crippen molar-refractivity contribution in [2.24, 2.45) is 34.8 Å². The van der Waals surface area contributed by atoms with E-state index in [9.17, 15) is 44.1 Å². The first kappa shape index (κ1) is 30.3. The normalized spacial score (nSPS) is 33.1. The number of primary amides is 1. The van der Waals surface area contributed by atoms with Crippen LogP contribution in [0.5, 0.6) is 5.75 Å². The molecule has 2 amide bonds. The average molecular weight is 574 g/mol. The number of carbonyl (C=O) groups is 6. The molecule has 0 aliphatic heterocycles. The van der Waals surface area contributed by atoms with E-state index in [0.29, 0.717) is 0 Å². The number of likely N-dealkylation sites (N-methyl/N-ethyl adjacent to an activating group) is 1. The number of nitrogens with two attached hydrogens (primary N) is 1. The van der Waals surface area contributed by atoms with E-state index in [1.807, 2.05) is 20.8 Å². The summed E-state index contributed by atoms with van der Waals surface area (Å²) in [5, 5.41) is 36.7. The summed E-state index contributed by atoms with van der Waals surface area (Å²) >= 11 is 0. The van der Waals surface area contributed by atoms with Crippen LogP contribution in [0.3, 0.4) is 0 Å². The molecule has 2 unspecified atom stereocenters. The van der Waals surface area contributed by atoms with Crippen LogP contribution in [0, 0.1) is 29.1 Å². The molecule has 3 aliphatic rings. The summed E-state index contributed by atoms with van der Waals surface area (Å²) in [6.45, 7) is 7.20. The standard InChI is InChI=1S/C28H35N3O10/c1-10-11-7-8-12(30-26(39)41-9-27(2,3)4)19(32)14(11)20(33)15-13(10)21(34)17-18(31(5)6)22(35)16(25(29)38)24(37)28(17,40)23(15)36/h7-8,10,13,15-18,21,32,34,40H,9H2,1-6H3,(H2,29,38)(H,30,39)/t10-,13+,15?,16?,17+,18-,21-,28-/m1/s1. The van der Waals surface area contributed by atoms with Crippen LogP contribution in [-0.2, 0) is 23.9 Å². The zero-order valence-electron chi connectivity index (χ0n) is 23.6. The van der Waals surface area contributed by atoms with Crippen LogP contribution in [0.4, 0.5) is 10.5 Å². The quantitative estimate of drug-likeness (QED) is 0.239. The van der Waals surface area contributed by atoms with Crippen molar-refractivity contribution in [1.82, 2.24) is 4.90 Å². The number of carbonyl (C=O) groups excluding carboxylic acids is 6. The first-order valence-electron chi connectivity index (χ1n) is 13.2. The highest BCUT2D eigenvalue weighted by atomic mass is 16.5. The summed E-state index contributed by atoms with van der Waals surface area (Å²) in [7, 11) is 2.84. The second-order valence-corrected chi connectivity index (χ2v) is 12.6. The third-order valence-electron chi connectivity index (χ3n) is 8.36. The van der Waals surface area contributed by atoms with Gasteiger partial charge in [-0.05, 0) is 37.1 Å². The molecule has 4 rings (SSSR count). The number of aliphatic hydroxyl groups is 2. The largest absolute Gasteiger partial charge is 0.505 e. The lowest BCUT2D eigenvalue weighted by atomic mass is 9.49. The van der Waals surface area contributed by atoms with Gasteiger partial charge in [0.2, 0.25) is 5.91 Å². The van der Waals surface area contributed by atoms with Crippen molar-refractivity contribution in [3.05, 3.63) is 23.3 Å². The molecular formula is C28H35N3O10. The number of aliphatic hydroxyl groups excluding tert-OH is 1. The topological polar surface area (TPSA) is 214 Å². The Balaban J connectivity index is 1.80. The fourth-order valence-corrected chi connectivity index (χ4v) is 6.52. The van der Waals surface area contributed by atoms with Crippen LogP contribution < -0.4 is 11.1 Å². The highest BCUT2D eigenvalue weighted by Gasteiger charge is 2.72. The molecule has 13 nitrogen and oxygen atoms in total. The van der Waals surface area contributed by atoms with Gasteiger partial charge >= 0.3 is 6.09 Å². The Kier molecular flexibility index (Phi) is 7.38. The number of fused-ring (bicyclic) bond motifs is 3. The van der Waals surface area contributed by atoms with Crippen molar-refractivity contribution >= 4 is 40.8 Å². The van der Waals surface area contributed by atoms with Gasteiger partial charge in [0, 0.05) is 5.92 Å². The van der Waals surface area contributed by atoms with Gasteiger partial charge < -0.3 is 25.8 Å². The number of anilines is 1. The summed E-state index contributed by atoms with van der Waals surface area (Å²) in [4.78, 5) is 80.2. The lowest BCUT2D eigenvalue weighted by molar-refractivity contribution is -0.196. The summed E-state index contributed by atoms with van der Waals surface area (Å²) in [6, 6.07) is 1.35. The van der Waals surface area contributed by atoms with E-state index in [4.69, 9.17) is 10.5 Å². The second-order valence-electron chi connectivity index (χ2n) is 12.6. The van der Waals surface area contributed by atoms with Crippen LogP contribution in [0.15, 0.2) is 12.1 Å². The van der Waals surface area contributed by atoms with Crippen LogP contribution in [0.2, 0.25) is 0 Å². The van der Waals surface area contributed by atoms with Gasteiger partial charge in [-0.2, -0.15) is 0 Å². The minimum absolute atomic E-state index is 0.0627. The molecule has 0 bridgehead atoms. The van der Waals surface area contributed by atoms with E-state index in [0.717, 1.165) is 0 Å². The number of ether oxygens (including phenoxy) is 1. The fraction of sp³-hybridized carbons (Fsp3) is 0.571. The molecule has 1 aromatic rings. The molecule has 3 aliphatic carbocycles. The number of nitrogens with one attached hydrogen (secondary N) is 1. The molecule has 0 heterocycles. The maximum absolute atomic E-state index is 14.0. The third-order valence-corrected chi connectivity index (χ3v) is 8.36. The number of amides is 2. The number of hydrogen-bond acceptors (Lipinski definition) is 11. The van der Waals surface area contributed by atoms with E-state index in [1.54, 1.807) is 6.92 Å². The van der Waals surface area contributed by atoms with Crippen molar-refractivity contribution in [3.63, 3.8) is 0 Å². The van der Waals surface area contributed by atoms with E-state index >= 15 is 0 Å². The number of hydrogen-bond donors (Lipinski definition) is 5. The van der Waals surface area contributed by atoms with Crippen LogP contribution in [0.25, 0.3) is 0 Å². The Hall–Kier alpha value is -3.68. The molecule has 8 atom stereocenters. The predicted molar refractivity (Wildman–Crippen MR) is 142 cm³/mol. The number of phenolic OH excluding ortho intramolecular Hbond substituents is 1. The molecular weight excluding hydrogens is 538 g/mol. The van der Waals surface area contributed by atoms with Crippen LogP contribution >= 0.6 is 0 Å². The first-order chi connectivity index (χ1) is 18.9. The zero-order chi connectivity index (χ0) is 30.9. The van der Waals surface area contributed by atoms with Gasteiger partial charge in [-0.1, -0.05) is 33.8 Å². The molecule has 222 valence electrons. The van der Waals surface area contributed by atoms with Gasteiger partial charge in [0.15, 0.2) is 34.7 Å². The van der Waals surface area contributed by atoms with Gasteiger partial charge in [0.25, 0.3) is 0 Å². The molecule has 0 saturated heterocycles. The van der Waals surface area contributed by atoms with Crippen LogP contribution in [-0.4, -0.2) is 93.8 Å². The summed E-state index contributed by atoms with van der Waals surface area (Å²) in [6.07, 6.45) is -2.62. The van der Waals surface area contributed by atoms with Gasteiger partial charge in [0.05, 0.1) is 41.8 Å². The van der Waals surface area contributed by atoms with Gasteiger partial charge in [-0.15, -0.1) is 0 Å². The monoisotopic (exact) mass is 573 g/mol. The molecule has 0 radical (unpaired) electrons. The van der Waals surface area contributed by atoms with E-state index < -0.39 is 88.2 Å². The number of rotatable bonds is 4. The minimum Gasteiger partial charge on any atom is -0.505 e. The number of nitrogens with zero attached hydrogens (tertiary/aromatic N) is 1. The number of ketones is 4. The lowest BCUT2D eigenvalue weighted by Crippen LogP contribution is -2.77. The summed E-state index contributed by atoms with van der Waals surface area (Å²) in [5.74, 6) is -14.4. The number of Topliss-reactive ketones (excluding diaryl/α,β-unsaturated/α-hetero) is 4. The van der Waals surface area contributed by atoms with Crippen LogP contribution in [0.1, 0.15) is 49.5 Å². The van der Waals surface area contributed by atoms with Crippen molar-refractivity contribution in [2.45, 2.75) is 51.4 Å². The van der Waals surface area contributed by atoms with Gasteiger partial charge in [-0.25, -0.2) is 4.79 Å². The average Bonchev–Trinajstić information content (AvgIpc) is 2.85. The smallest absolute Gasteiger partial charge is 0.411 e. The Bertz CT molecular complexity index is 1370.